The number of nitrogens with one attached hydrogen (secondary N) is 1. The molecule has 2 aliphatic rings. The van der Waals surface area contributed by atoms with Crippen molar-refractivity contribution in [1.82, 2.24) is 5.32 Å². The topological polar surface area (TPSA) is 198 Å². The number of amides is 1. The molecule has 8 N–H and O–H groups in total. The fourth-order valence-corrected chi connectivity index (χ4v) is 2.98. The quantitative estimate of drug-likeness (QED) is 0.226. The van der Waals surface area contributed by atoms with Gasteiger partial charge in [0, 0.05) is 6.92 Å². The van der Waals surface area contributed by atoms with Gasteiger partial charge in [-0.3, -0.25) is 4.79 Å². The molecule has 2 fully saturated rings. The minimum atomic E-state index is -1.75. The predicted octanol–water partition coefficient (Wildman–Crippen LogP) is -5.25. The number of hydrogen-bond donors (Lipinski definition) is 8. The largest absolute Gasteiger partial charge is 0.394 e. The highest BCUT2D eigenvalue weighted by atomic mass is 16.7. The van der Waals surface area contributed by atoms with Gasteiger partial charge in [-0.2, -0.15) is 0 Å². The molecule has 1 unspecified atom stereocenters. The molecule has 0 aromatic rings. The van der Waals surface area contributed by atoms with Gasteiger partial charge in [-0.1, -0.05) is 0 Å². The summed E-state index contributed by atoms with van der Waals surface area (Å²) in [6, 6.07) is -1.28. The molecule has 0 saturated carbocycles. The van der Waals surface area contributed by atoms with Gasteiger partial charge in [0.15, 0.2) is 12.6 Å². The summed E-state index contributed by atoms with van der Waals surface area (Å²) < 4.78 is 15.8. The van der Waals surface area contributed by atoms with E-state index in [0.717, 1.165) is 6.92 Å². The summed E-state index contributed by atoms with van der Waals surface area (Å²) in [4.78, 5) is 11.4. The first-order chi connectivity index (χ1) is 12.2. The molecule has 12 nitrogen and oxygen atoms in total. The third kappa shape index (κ3) is 4.31. The number of aliphatic hydroxyl groups excluding tert-OH is 7. The average Bonchev–Trinajstić information content (AvgIpc) is 2.60. The summed E-state index contributed by atoms with van der Waals surface area (Å²) in [5.41, 5.74) is 0. The van der Waals surface area contributed by atoms with E-state index >= 15 is 0 Å². The molecule has 2 aliphatic heterocycles. The van der Waals surface area contributed by atoms with E-state index in [1.807, 2.05) is 0 Å². The molecule has 26 heavy (non-hydrogen) atoms. The van der Waals surface area contributed by atoms with Crippen LogP contribution in [0.4, 0.5) is 0 Å². The Bertz CT molecular complexity index is 478. The maximum atomic E-state index is 11.4. The molecule has 0 radical (unpaired) electrons. The van der Waals surface area contributed by atoms with Gasteiger partial charge in [0.1, 0.15) is 48.8 Å². The molecule has 0 bridgehead atoms. The smallest absolute Gasteiger partial charge is 0.217 e. The van der Waals surface area contributed by atoms with Gasteiger partial charge >= 0.3 is 0 Å². The van der Waals surface area contributed by atoms with Crippen molar-refractivity contribution < 1.29 is 54.8 Å². The SMILES string of the molecule is CC(=O)N[C@H]1[C@@H](O[C@@H]2[C@H](O)[C@@H](O)C(O)O[C@@H]2CO)O[C@H](CO)[C@H](O)[C@@H]1O. The van der Waals surface area contributed by atoms with E-state index in [1.165, 1.54) is 0 Å². The van der Waals surface area contributed by atoms with Crippen LogP contribution in [0.3, 0.4) is 0 Å². The lowest BCUT2D eigenvalue weighted by Crippen LogP contribution is -2.67. The molecule has 1 amide bonds. The normalized spacial score (nSPS) is 46.8. The Morgan fingerprint density at radius 3 is 2.08 bits per heavy atom. The van der Waals surface area contributed by atoms with Crippen LogP contribution in [0.15, 0.2) is 0 Å². The molecule has 0 aliphatic carbocycles. The lowest BCUT2D eigenvalue weighted by Gasteiger charge is -2.46. The van der Waals surface area contributed by atoms with E-state index in [2.05, 4.69) is 5.32 Å². The van der Waals surface area contributed by atoms with Gasteiger partial charge in [-0.05, 0) is 0 Å². The van der Waals surface area contributed by atoms with Crippen LogP contribution in [0.2, 0.25) is 0 Å². The van der Waals surface area contributed by atoms with Crippen LogP contribution in [0, 0.1) is 0 Å². The van der Waals surface area contributed by atoms with Gasteiger partial charge in [0.2, 0.25) is 5.91 Å². The molecule has 0 aromatic heterocycles. The zero-order chi connectivity index (χ0) is 19.6. The maximum Gasteiger partial charge on any atom is 0.217 e. The van der Waals surface area contributed by atoms with Crippen molar-refractivity contribution in [3.63, 3.8) is 0 Å². The van der Waals surface area contributed by atoms with Gasteiger partial charge in [-0.25, -0.2) is 0 Å². The van der Waals surface area contributed by atoms with Crippen molar-refractivity contribution in [1.29, 1.82) is 0 Å². The molecular weight excluding hydrogens is 358 g/mol. The fourth-order valence-electron chi connectivity index (χ4n) is 2.98. The molecule has 10 atom stereocenters. The van der Waals surface area contributed by atoms with Crippen LogP contribution in [0.1, 0.15) is 6.92 Å². The van der Waals surface area contributed by atoms with E-state index in [9.17, 15) is 40.5 Å². The summed E-state index contributed by atoms with van der Waals surface area (Å²) >= 11 is 0. The summed E-state index contributed by atoms with van der Waals surface area (Å²) in [6.07, 6.45) is -13.6. The van der Waals surface area contributed by atoms with Crippen molar-refractivity contribution >= 4 is 5.91 Å². The molecule has 12 heteroatoms. The Labute approximate surface area is 148 Å². The Hall–Kier alpha value is -0.930. The van der Waals surface area contributed by atoms with E-state index in [0.29, 0.717) is 0 Å². The molecule has 0 spiro atoms. The van der Waals surface area contributed by atoms with Crippen molar-refractivity contribution in [2.45, 2.75) is 68.3 Å². The Balaban J connectivity index is 2.22. The fraction of sp³-hybridized carbons (Fsp3) is 0.929. The van der Waals surface area contributed by atoms with Crippen LogP contribution >= 0.6 is 0 Å². The third-order valence-electron chi connectivity index (χ3n) is 4.38. The monoisotopic (exact) mass is 383 g/mol. The van der Waals surface area contributed by atoms with Crippen molar-refractivity contribution in [2.24, 2.45) is 0 Å². The van der Waals surface area contributed by atoms with Crippen molar-refractivity contribution in [3.05, 3.63) is 0 Å². The minimum Gasteiger partial charge on any atom is -0.394 e. The van der Waals surface area contributed by atoms with Crippen LogP contribution in [-0.2, 0) is 19.0 Å². The highest BCUT2D eigenvalue weighted by molar-refractivity contribution is 5.73. The Morgan fingerprint density at radius 2 is 1.54 bits per heavy atom. The minimum absolute atomic E-state index is 0.574. The number of rotatable bonds is 5. The first-order valence-corrected chi connectivity index (χ1v) is 8.06. The van der Waals surface area contributed by atoms with Crippen LogP contribution in [0.25, 0.3) is 0 Å². The molecule has 152 valence electrons. The molecule has 0 aromatic carbocycles. The van der Waals surface area contributed by atoms with Gasteiger partial charge in [0.25, 0.3) is 0 Å². The average molecular weight is 383 g/mol. The maximum absolute atomic E-state index is 11.4. The second-order valence-electron chi connectivity index (χ2n) is 6.26. The summed E-state index contributed by atoms with van der Waals surface area (Å²) in [5, 5.41) is 70.5. The van der Waals surface area contributed by atoms with Crippen molar-refractivity contribution in [3.8, 4) is 0 Å². The Kier molecular flexibility index (Phi) is 7.27. The Morgan fingerprint density at radius 1 is 0.923 bits per heavy atom. The number of carbonyl (C=O) groups excluding carboxylic acids is 1. The second-order valence-corrected chi connectivity index (χ2v) is 6.26. The van der Waals surface area contributed by atoms with Gasteiger partial charge in [0.05, 0.1) is 13.2 Å². The number of hydrogen-bond acceptors (Lipinski definition) is 11. The van der Waals surface area contributed by atoms with Crippen LogP contribution in [0.5, 0.6) is 0 Å². The highest BCUT2D eigenvalue weighted by Crippen LogP contribution is 2.28. The first kappa shape index (κ1) is 21.4. The lowest BCUT2D eigenvalue weighted by molar-refractivity contribution is -0.341. The predicted molar refractivity (Wildman–Crippen MR) is 80.2 cm³/mol. The summed E-state index contributed by atoms with van der Waals surface area (Å²) in [7, 11) is 0. The standard InChI is InChI=1S/C14H25NO11/c1-4(18)15-7-9(20)8(19)5(2-16)25-14(7)26-12-6(3-17)24-13(23)11(22)10(12)21/h5-14,16-17,19-23H,2-3H2,1H3,(H,15,18)/t5-,6-,7-,8+,9-,10-,11-,12+,13?,14-/m1/s1. The first-order valence-electron chi connectivity index (χ1n) is 8.06. The summed E-state index contributed by atoms with van der Waals surface area (Å²) in [6.45, 7) is -0.194. The van der Waals surface area contributed by atoms with E-state index in [1.54, 1.807) is 0 Å². The number of carbonyl (C=O) groups is 1. The van der Waals surface area contributed by atoms with E-state index in [4.69, 9.17) is 14.2 Å². The second kappa shape index (κ2) is 8.84. The molecule has 2 rings (SSSR count). The lowest BCUT2D eigenvalue weighted by atomic mass is 9.95. The highest BCUT2D eigenvalue weighted by Gasteiger charge is 2.50. The number of ether oxygens (including phenoxy) is 3. The zero-order valence-electron chi connectivity index (χ0n) is 14.0. The van der Waals surface area contributed by atoms with Gasteiger partial charge < -0.3 is 55.3 Å². The summed E-state index contributed by atoms with van der Waals surface area (Å²) in [5.74, 6) is -0.574. The zero-order valence-corrected chi connectivity index (χ0v) is 14.0. The van der Waals surface area contributed by atoms with Gasteiger partial charge in [-0.15, -0.1) is 0 Å². The molecular formula is C14H25NO11. The molecule has 2 saturated heterocycles. The van der Waals surface area contributed by atoms with Crippen LogP contribution in [-0.4, -0.2) is 116 Å². The van der Waals surface area contributed by atoms with E-state index in [-0.39, 0.29) is 0 Å². The third-order valence-corrected chi connectivity index (χ3v) is 4.38. The number of aliphatic hydroxyl groups is 7. The van der Waals surface area contributed by atoms with E-state index < -0.39 is 80.5 Å². The molecule has 2 heterocycles. The van der Waals surface area contributed by atoms with Crippen molar-refractivity contribution in [2.75, 3.05) is 13.2 Å². The van der Waals surface area contributed by atoms with Crippen LogP contribution < -0.4 is 5.32 Å².